The standard InChI is InChI=1S/C12H19NO/c1-4-10(5-2)13-11-7-6-9(3)8-12(11)14/h6-8,10,13-14H,4-5H2,1-3H3. The van der Waals surface area contributed by atoms with Gasteiger partial charge in [0.2, 0.25) is 0 Å². The number of rotatable bonds is 4. The van der Waals surface area contributed by atoms with E-state index in [0.29, 0.717) is 11.8 Å². The smallest absolute Gasteiger partial charge is 0.138 e. The van der Waals surface area contributed by atoms with E-state index in [1.165, 1.54) is 0 Å². The summed E-state index contributed by atoms with van der Waals surface area (Å²) in [6.07, 6.45) is 2.15. The normalized spacial score (nSPS) is 10.6. The molecule has 0 saturated heterocycles. The second kappa shape index (κ2) is 4.89. The highest BCUT2D eigenvalue weighted by Gasteiger charge is 2.06. The van der Waals surface area contributed by atoms with Gasteiger partial charge in [0, 0.05) is 6.04 Å². The van der Waals surface area contributed by atoms with Gasteiger partial charge in [-0.3, -0.25) is 0 Å². The Labute approximate surface area is 86.0 Å². The number of aryl methyl sites for hydroxylation is 1. The van der Waals surface area contributed by atoms with E-state index >= 15 is 0 Å². The molecule has 0 bridgehead atoms. The molecule has 2 heteroatoms. The van der Waals surface area contributed by atoms with Crippen LogP contribution in [0.2, 0.25) is 0 Å². The Morgan fingerprint density at radius 1 is 1.29 bits per heavy atom. The third-order valence-corrected chi connectivity index (χ3v) is 2.50. The first-order valence-electron chi connectivity index (χ1n) is 5.23. The molecule has 1 aromatic carbocycles. The van der Waals surface area contributed by atoms with Crippen molar-refractivity contribution in [3.05, 3.63) is 23.8 Å². The molecule has 0 aliphatic rings. The Balaban J connectivity index is 2.76. The highest BCUT2D eigenvalue weighted by molar-refractivity contribution is 5.57. The van der Waals surface area contributed by atoms with E-state index in [2.05, 4.69) is 19.2 Å². The summed E-state index contributed by atoms with van der Waals surface area (Å²) in [6.45, 7) is 6.26. The maximum Gasteiger partial charge on any atom is 0.138 e. The molecule has 0 heterocycles. The number of hydrogen-bond acceptors (Lipinski definition) is 2. The number of anilines is 1. The molecule has 0 atom stereocenters. The molecule has 0 amide bonds. The number of aromatic hydroxyl groups is 1. The van der Waals surface area contributed by atoms with E-state index in [-0.39, 0.29) is 0 Å². The molecule has 0 saturated carbocycles. The Bertz CT molecular complexity index is 292. The fourth-order valence-corrected chi connectivity index (χ4v) is 1.48. The SMILES string of the molecule is CCC(CC)Nc1ccc(C)cc1O. The Hall–Kier alpha value is -1.18. The van der Waals surface area contributed by atoms with Crippen LogP contribution in [0.1, 0.15) is 32.3 Å². The first-order chi connectivity index (χ1) is 6.67. The highest BCUT2D eigenvalue weighted by Crippen LogP contribution is 2.25. The molecular formula is C12H19NO. The first-order valence-corrected chi connectivity index (χ1v) is 5.23. The van der Waals surface area contributed by atoms with E-state index in [9.17, 15) is 5.11 Å². The lowest BCUT2D eigenvalue weighted by Gasteiger charge is -2.17. The van der Waals surface area contributed by atoms with Crippen LogP contribution in [0, 0.1) is 6.92 Å². The zero-order chi connectivity index (χ0) is 10.6. The zero-order valence-corrected chi connectivity index (χ0v) is 9.17. The number of phenolic OH excluding ortho intramolecular Hbond substituents is 1. The second-order valence-electron chi connectivity index (χ2n) is 3.68. The van der Waals surface area contributed by atoms with Crippen molar-refractivity contribution in [2.75, 3.05) is 5.32 Å². The van der Waals surface area contributed by atoms with Gasteiger partial charge in [0.15, 0.2) is 0 Å². The van der Waals surface area contributed by atoms with Crippen LogP contribution in [-0.4, -0.2) is 11.1 Å². The van der Waals surface area contributed by atoms with Gasteiger partial charge in [-0.1, -0.05) is 19.9 Å². The average molecular weight is 193 g/mol. The van der Waals surface area contributed by atoms with Crippen molar-refractivity contribution in [1.29, 1.82) is 0 Å². The Kier molecular flexibility index (Phi) is 3.81. The van der Waals surface area contributed by atoms with Crippen LogP contribution < -0.4 is 5.32 Å². The molecule has 78 valence electrons. The predicted octanol–water partition coefficient (Wildman–Crippen LogP) is 3.30. The van der Waals surface area contributed by atoms with Crippen LogP contribution in [0.3, 0.4) is 0 Å². The fourth-order valence-electron chi connectivity index (χ4n) is 1.48. The van der Waals surface area contributed by atoms with Gasteiger partial charge >= 0.3 is 0 Å². The quantitative estimate of drug-likeness (QED) is 0.719. The van der Waals surface area contributed by atoms with Crippen LogP contribution in [0.5, 0.6) is 5.75 Å². The summed E-state index contributed by atoms with van der Waals surface area (Å²) in [5.74, 6) is 0.344. The number of benzene rings is 1. The van der Waals surface area contributed by atoms with Gasteiger partial charge in [-0.05, 0) is 37.5 Å². The number of nitrogens with one attached hydrogen (secondary N) is 1. The molecule has 0 aliphatic heterocycles. The van der Waals surface area contributed by atoms with Crippen molar-refractivity contribution in [3.8, 4) is 5.75 Å². The molecule has 2 N–H and O–H groups in total. The molecule has 14 heavy (non-hydrogen) atoms. The Morgan fingerprint density at radius 3 is 2.43 bits per heavy atom. The maximum atomic E-state index is 9.67. The topological polar surface area (TPSA) is 32.3 Å². The monoisotopic (exact) mass is 193 g/mol. The third-order valence-electron chi connectivity index (χ3n) is 2.50. The lowest BCUT2D eigenvalue weighted by atomic mass is 10.1. The van der Waals surface area contributed by atoms with Crippen LogP contribution in [0.15, 0.2) is 18.2 Å². The molecule has 0 radical (unpaired) electrons. The summed E-state index contributed by atoms with van der Waals surface area (Å²) in [4.78, 5) is 0. The lowest BCUT2D eigenvalue weighted by Crippen LogP contribution is -2.16. The van der Waals surface area contributed by atoms with Gasteiger partial charge < -0.3 is 10.4 Å². The summed E-state index contributed by atoms with van der Waals surface area (Å²) in [5.41, 5.74) is 1.92. The molecule has 0 fully saturated rings. The van der Waals surface area contributed by atoms with Gasteiger partial charge in [0.25, 0.3) is 0 Å². The van der Waals surface area contributed by atoms with Gasteiger partial charge in [-0.2, -0.15) is 0 Å². The van der Waals surface area contributed by atoms with E-state index in [0.717, 1.165) is 24.1 Å². The van der Waals surface area contributed by atoms with Gasteiger partial charge in [0.1, 0.15) is 5.75 Å². The maximum absolute atomic E-state index is 9.67. The van der Waals surface area contributed by atoms with Crippen molar-refractivity contribution in [2.24, 2.45) is 0 Å². The Morgan fingerprint density at radius 2 is 1.93 bits per heavy atom. The molecule has 0 aromatic heterocycles. The van der Waals surface area contributed by atoms with Crippen molar-refractivity contribution in [2.45, 2.75) is 39.7 Å². The van der Waals surface area contributed by atoms with E-state index in [1.54, 1.807) is 6.07 Å². The van der Waals surface area contributed by atoms with Crippen molar-refractivity contribution >= 4 is 5.69 Å². The molecule has 0 aliphatic carbocycles. The summed E-state index contributed by atoms with van der Waals surface area (Å²) < 4.78 is 0. The van der Waals surface area contributed by atoms with E-state index in [4.69, 9.17) is 0 Å². The van der Waals surface area contributed by atoms with E-state index in [1.807, 2.05) is 19.1 Å². The molecule has 2 nitrogen and oxygen atoms in total. The lowest BCUT2D eigenvalue weighted by molar-refractivity contribution is 0.475. The minimum absolute atomic E-state index is 0.344. The average Bonchev–Trinajstić information content (AvgIpc) is 2.17. The summed E-state index contributed by atoms with van der Waals surface area (Å²) >= 11 is 0. The van der Waals surface area contributed by atoms with Crippen LogP contribution >= 0.6 is 0 Å². The van der Waals surface area contributed by atoms with Crippen molar-refractivity contribution < 1.29 is 5.11 Å². The first kappa shape index (κ1) is 10.9. The summed E-state index contributed by atoms with van der Waals surface area (Å²) in [7, 11) is 0. The minimum Gasteiger partial charge on any atom is -0.506 e. The molecular weight excluding hydrogens is 174 g/mol. The highest BCUT2D eigenvalue weighted by atomic mass is 16.3. The number of phenols is 1. The van der Waals surface area contributed by atoms with Gasteiger partial charge in [-0.15, -0.1) is 0 Å². The minimum atomic E-state index is 0.344. The molecule has 1 aromatic rings. The van der Waals surface area contributed by atoms with Crippen LogP contribution in [0.25, 0.3) is 0 Å². The van der Waals surface area contributed by atoms with Crippen molar-refractivity contribution in [1.82, 2.24) is 0 Å². The molecule has 1 rings (SSSR count). The van der Waals surface area contributed by atoms with Crippen molar-refractivity contribution in [3.63, 3.8) is 0 Å². The molecule has 0 unspecified atom stereocenters. The summed E-state index contributed by atoms with van der Waals surface area (Å²) in [5, 5.41) is 13.0. The summed E-state index contributed by atoms with van der Waals surface area (Å²) in [6, 6.07) is 6.17. The fraction of sp³-hybridized carbons (Fsp3) is 0.500. The molecule has 0 spiro atoms. The zero-order valence-electron chi connectivity index (χ0n) is 9.17. The largest absolute Gasteiger partial charge is 0.506 e. The van der Waals surface area contributed by atoms with E-state index < -0.39 is 0 Å². The predicted molar refractivity (Wildman–Crippen MR) is 60.8 cm³/mol. The number of hydrogen-bond donors (Lipinski definition) is 2. The van der Waals surface area contributed by atoms with Gasteiger partial charge in [0.05, 0.1) is 5.69 Å². The second-order valence-corrected chi connectivity index (χ2v) is 3.68. The third kappa shape index (κ3) is 2.66. The van der Waals surface area contributed by atoms with Crippen LogP contribution in [-0.2, 0) is 0 Å². The van der Waals surface area contributed by atoms with Gasteiger partial charge in [-0.25, -0.2) is 0 Å². The van der Waals surface area contributed by atoms with Crippen LogP contribution in [0.4, 0.5) is 5.69 Å².